The van der Waals surface area contributed by atoms with Gasteiger partial charge in [0, 0.05) is 25.7 Å². The Labute approximate surface area is 127 Å². The molecule has 1 fully saturated rings. The number of nitrogens with zero attached hydrogens (tertiary/aromatic N) is 2. The lowest BCUT2D eigenvalue weighted by Gasteiger charge is -2.39. The van der Waals surface area contributed by atoms with Crippen molar-refractivity contribution in [1.29, 1.82) is 0 Å². The van der Waals surface area contributed by atoms with Crippen LogP contribution in [0.2, 0.25) is 0 Å². The maximum absolute atomic E-state index is 12.0. The second kappa shape index (κ2) is 7.11. The third-order valence-electron chi connectivity index (χ3n) is 3.30. The Balaban J connectivity index is 2.50. The van der Waals surface area contributed by atoms with Crippen LogP contribution in [0.3, 0.4) is 0 Å². The minimum absolute atomic E-state index is 0.228. The minimum atomic E-state index is -0.443. The Morgan fingerprint density at radius 2 is 1.95 bits per heavy atom. The predicted molar refractivity (Wildman–Crippen MR) is 84.6 cm³/mol. The van der Waals surface area contributed by atoms with Gasteiger partial charge in [0.05, 0.1) is 0 Å². The van der Waals surface area contributed by atoms with E-state index in [1.54, 1.807) is 4.90 Å². The summed E-state index contributed by atoms with van der Waals surface area (Å²) in [6.07, 6.45) is 2.56. The topological polar surface area (TPSA) is 58.8 Å². The fourth-order valence-electron chi connectivity index (χ4n) is 2.40. The van der Waals surface area contributed by atoms with Crippen molar-refractivity contribution in [3.63, 3.8) is 0 Å². The fourth-order valence-corrected chi connectivity index (χ4v) is 2.64. The molecule has 20 heavy (non-hydrogen) atoms. The summed E-state index contributed by atoms with van der Waals surface area (Å²) in [6, 6.07) is 0.339. The van der Waals surface area contributed by atoms with Crippen LogP contribution in [-0.4, -0.2) is 52.3 Å². The summed E-state index contributed by atoms with van der Waals surface area (Å²) in [5.74, 6) is 0. The highest BCUT2D eigenvalue weighted by molar-refractivity contribution is 7.80. The molecule has 0 spiro atoms. The van der Waals surface area contributed by atoms with Gasteiger partial charge in [0.2, 0.25) is 0 Å². The number of nitrogens with two attached hydrogens (primary N) is 1. The van der Waals surface area contributed by atoms with E-state index in [0.717, 1.165) is 25.8 Å². The summed E-state index contributed by atoms with van der Waals surface area (Å²) in [4.78, 5) is 15.8. The number of likely N-dealkylation sites (tertiary alicyclic amines) is 1. The molecule has 0 aromatic carbocycles. The van der Waals surface area contributed by atoms with E-state index < -0.39 is 5.60 Å². The first-order valence-corrected chi connectivity index (χ1v) is 7.69. The van der Waals surface area contributed by atoms with Crippen molar-refractivity contribution in [2.24, 2.45) is 5.73 Å². The zero-order valence-electron chi connectivity index (χ0n) is 13.0. The molecule has 2 N–H and O–H groups in total. The third-order valence-corrected chi connectivity index (χ3v) is 3.54. The van der Waals surface area contributed by atoms with Crippen molar-refractivity contribution in [2.75, 3.05) is 19.6 Å². The number of hydrogen-bond donors (Lipinski definition) is 1. The molecule has 6 heteroatoms. The molecule has 1 heterocycles. The first-order valence-electron chi connectivity index (χ1n) is 7.28. The van der Waals surface area contributed by atoms with Crippen LogP contribution in [0.1, 0.15) is 47.0 Å². The van der Waals surface area contributed by atoms with E-state index in [1.807, 2.05) is 20.8 Å². The predicted octanol–water partition coefficient (Wildman–Crippen LogP) is 2.34. The highest BCUT2D eigenvalue weighted by Gasteiger charge is 2.29. The van der Waals surface area contributed by atoms with Gasteiger partial charge in [-0.25, -0.2) is 4.79 Å². The molecule has 0 bridgehead atoms. The van der Waals surface area contributed by atoms with E-state index in [2.05, 4.69) is 11.8 Å². The highest BCUT2D eigenvalue weighted by Crippen LogP contribution is 2.19. The molecule has 0 aromatic rings. The fraction of sp³-hybridized carbons (Fsp3) is 0.857. The second-order valence-electron chi connectivity index (χ2n) is 6.23. The van der Waals surface area contributed by atoms with Crippen LogP contribution in [0.5, 0.6) is 0 Å². The average molecular weight is 301 g/mol. The summed E-state index contributed by atoms with van der Waals surface area (Å²) >= 11 is 5.11. The number of rotatable bonds is 3. The van der Waals surface area contributed by atoms with Crippen LogP contribution >= 0.6 is 12.2 Å². The Bertz CT molecular complexity index is 347. The molecule has 1 rings (SSSR count). The van der Waals surface area contributed by atoms with Gasteiger partial charge in [-0.3, -0.25) is 0 Å². The van der Waals surface area contributed by atoms with E-state index in [0.29, 0.717) is 24.2 Å². The van der Waals surface area contributed by atoms with Crippen LogP contribution < -0.4 is 5.73 Å². The Kier molecular flexibility index (Phi) is 6.05. The van der Waals surface area contributed by atoms with Crippen molar-refractivity contribution in [2.45, 2.75) is 58.6 Å². The molecule has 0 saturated carbocycles. The molecule has 0 unspecified atom stereocenters. The first-order chi connectivity index (χ1) is 9.24. The zero-order chi connectivity index (χ0) is 15.3. The lowest BCUT2D eigenvalue weighted by atomic mass is 10.0. The van der Waals surface area contributed by atoms with Crippen molar-refractivity contribution in [3.8, 4) is 0 Å². The monoisotopic (exact) mass is 301 g/mol. The SMILES string of the molecule is CCCN(C(N)=S)C1CCN(C(=O)OC(C)(C)C)CC1. The molecule has 1 aliphatic heterocycles. The zero-order valence-corrected chi connectivity index (χ0v) is 13.8. The molecule has 1 amide bonds. The molecule has 116 valence electrons. The maximum atomic E-state index is 12.0. The number of ether oxygens (including phenoxy) is 1. The third kappa shape index (κ3) is 5.15. The maximum Gasteiger partial charge on any atom is 0.410 e. The van der Waals surface area contributed by atoms with Gasteiger partial charge in [0.1, 0.15) is 5.60 Å². The smallest absolute Gasteiger partial charge is 0.410 e. The van der Waals surface area contributed by atoms with Crippen LogP contribution in [0, 0.1) is 0 Å². The number of hydrogen-bond acceptors (Lipinski definition) is 3. The van der Waals surface area contributed by atoms with Crippen LogP contribution in [0.15, 0.2) is 0 Å². The molecule has 1 saturated heterocycles. The van der Waals surface area contributed by atoms with Gasteiger partial charge in [-0.05, 0) is 52.3 Å². The summed E-state index contributed by atoms with van der Waals surface area (Å²) in [5.41, 5.74) is 5.34. The Morgan fingerprint density at radius 1 is 1.40 bits per heavy atom. The van der Waals surface area contributed by atoms with Crippen molar-refractivity contribution < 1.29 is 9.53 Å². The molecule has 0 aromatic heterocycles. The molecular formula is C14H27N3O2S. The van der Waals surface area contributed by atoms with Crippen molar-refractivity contribution in [1.82, 2.24) is 9.80 Å². The molecular weight excluding hydrogens is 274 g/mol. The molecule has 0 radical (unpaired) electrons. The summed E-state index contributed by atoms with van der Waals surface area (Å²) < 4.78 is 5.39. The number of carbonyl (C=O) groups excluding carboxylic acids is 1. The van der Waals surface area contributed by atoms with E-state index >= 15 is 0 Å². The normalized spacial score (nSPS) is 16.9. The summed E-state index contributed by atoms with van der Waals surface area (Å²) in [5, 5.41) is 0.461. The minimum Gasteiger partial charge on any atom is -0.444 e. The first kappa shape index (κ1) is 17.0. The van der Waals surface area contributed by atoms with E-state index in [4.69, 9.17) is 22.7 Å². The van der Waals surface area contributed by atoms with Gasteiger partial charge in [-0.15, -0.1) is 0 Å². The number of carbonyl (C=O) groups is 1. The number of amides is 1. The van der Waals surface area contributed by atoms with Gasteiger partial charge in [0.15, 0.2) is 5.11 Å². The average Bonchev–Trinajstić information content (AvgIpc) is 2.33. The van der Waals surface area contributed by atoms with Crippen LogP contribution in [0.4, 0.5) is 4.79 Å². The quantitative estimate of drug-likeness (QED) is 0.811. The largest absolute Gasteiger partial charge is 0.444 e. The second-order valence-corrected chi connectivity index (χ2v) is 6.65. The van der Waals surface area contributed by atoms with Gasteiger partial charge < -0.3 is 20.3 Å². The molecule has 1 aliphatic rings. The van der Waals surface area contributed by atoms with Crippen molar-refractivity contribution >= 4 is 23.4 Å². The Morgan fingerprint density at radius 3 is 2.35 bits per heavy atom. The van der Waals surface area contributed by atoms with Gasteiger partial charge in [-0.2, -0.15) is 0 Å². The van der Waals surface area contributed by atoms with E-state index in [-0.39, 0.29) is 6.09 Å². The number of thiocarbonyl (C=S) groups is 1. The standard InChI is InChI=1S/C14H27N3O2S/c1-5-8-17(12(15)20)11-6-9-16(10-7-11)13(18)19-14(2,3)4/h11H,5-10H2,1-4H3,(H2,15,20). The lowest BCUT2D eigenvalue weighted by Crippen LogP contribution is -2.51. The van der Waals surface area contributed by atoms with E-state index in [9.17, 15) is 4.79 Å². The van der Waals surface area contributed by atoms with Gasteiger partial charge in [0.25, 0.3) is 0 Å². The molecule has 5 nitrogen and oxygen atoms in total. The Hall–Kier alpha value is -1.04. The summed E-state index contributed by atoms with van der Waals surface area (Å²) in [6.45, 7) is 10.0. The summed E-state index contributed by atoms with van der Waals surface area (Å²) in [7, 11) is 0. The highest BCUT2D eigenvalue weighted by atomic mass is 32.1. The lowest BCUT2D eigenvalue weighted by molar-refractivity contribution is 0.0174. The van der Waals surface area contributed by atoms with E-state index in [1.165, 1.54) is 0 Å². The van der Waals surface area contributed by atoms with Gasteiger partial charge >= 0.3 is 6.09 Å². The van der Waals surface area contributed by atoms with Crippen LogP contribution in [0.25, 0.3) is 0 Å². The number of piperidine rings is 1. The molecule has 0 atom stereocenters. The van der Waals surface area contributed by atoms with Gasteiger partial charge in [-0.1, -0.05) is 6.92 Å². The van der Waals surface area contributed by atoms with Crippen LogP contribution in [-0.2, 0) is 4.74 Å². The molecule has 0 aliphatic carbocycles. The van der Waals surface area contributed by atoms with Crippen molar-refractivity contribution in [3.05, 3.63) is 0 Å².